The highest BCUT2D eigenvalue weighted by Crippen LogP contribution is 2.17. The summed E-state index contributed by atoms with van der Waals surface area (Å²) in [6, 6.07) is 5.05. The fraction of sp³-hybridized carbons (Fsp3) is 0.538. The molecule has 7 nitrogen and oxygen atoms in total. The predicted molar refractivity (Wildman–Crippen MR) is 76.5 cm³/mol. The third-order valence-corrected chi connectivity index (χ3v) is 3.29. The molecule has 108 valence electrons. The maximum Gasteiger partial charge on any atom is 0.305 e. The first-order valence-corrected chi connectivity index (χ1v) is 6.49. The van der Waals surface area contributed by atoms with E-state index >= 15 is 0 Å². The van der Waals surface area contributed by atoms with E-state index in [-0.39, 0.29) is 11.4 Å². The lowest BCUT2D eigenvalue weighted by atomic mass is 10.2. The fourth-order valence-electron chi connectivity index (χ4n) is 1.67. The maximum atomic E-state index is 10.7. The van der Waals surface area contributed by atoms with Gasteiger partial charge in [-0.15, -0.1) is 0 Å². The molecule has 1 atom stereocenters. The van der Waals surface area contributed by atoms with Crippen molar-refractivity contribution in [2.24, 2.45) is 0 Å². The molecule has 1 rings (SSSR count). The summed E-state index contributed by atoms with van der Waals surface area (Å²) in [7, 11) is 2.04. The van der Waals surface area contributed by atoms with Gasteiger partial charge in [0.25, 0.3) is 0 Å². The Morgan fingerprint density at radius 3 is 2.85 bits per heavy atom. The standard InChI is InChI=1S/C13H19N5O2/c1-4-10(2)17(3)8-7-15-13-6-5-12(18(19)20)11(9-14)16-13/h5-6,10H,4,7-8H2,1-3H3,(H,15,16). The summed E-state index contributed by atoms with van der Waals surface area (Å²) in [6.45, 7) is 5.77. The third kappa shape index (κ3) is 4.17. The summed E-state index contributed by atoms with van der Waals surface area (Å²) < 4.78 is 0. The number of rotatable bonds is 7. The zero-order chi connectivity index (χ0) is 15.1. The molecule has 0 amide bonds. The summed E-state index contributed by atoms with van der Waals surface area (Å²) in [5, 5.41) is 22.6. The zero-order valence-electron chi connectivity index (χ0n) is 12.0. The molecule has 1 N–H and O–H groups in total. The fourth-order valence-corrected chi connectivity index (χ4v) is 1.67. The summed E-state index contributed by atoms with van der Waals surface area (Å²) >= 11 is 0. The molecular weight excluding hydrogens is 258 g/mol. The Morgan fingerprint density at radius 1 is 1.60 bits per heavy atom. The molecule has 1 aromatic rings. The largest absolute Gasteiger partial charge is 0.369 e. The highest BCUT2D eigenvalue weighted by Gasteiger charge is 2.15. The Kier molecular flexibility index (Phi) is 5.87. The summed E-state index contributed by atoms with van der Waals surface area (Å²) in [5.41, 5.74) is -0.440. The Balaban J connectivity index is 2.62. The zero-order valence-corrected chi connectivity index (χ0v) is 12.0. The van der Waals surface area contributed by atoms with E-state index in [0.29, 0.717) is 18.4 Å². The normalized spacial score (nSPS) is 11.9. The highest BCUT2D eigenvalue weighted by molar-refractivity contribution is 5.50. The number of nitriles is 1. The second-order valence-corrected chi connectivity index (χ2v) is 4.60. The second kappa shape index (κ2) is 7.40. The average Bonchev–Trinajstić information content (AvgIpc) is 2.45. The van der Waals surface area contributed by atoms with Gasteiger partial charge < -0.3 is 10.2 Å². The topological polar surface area (TPSA) is 95.1 Å². The Labute approximate surface area is 118 Å². The van der Waals surface area contributed by atoms with Crippen LogP contribution in [0.25, 0.3) is 0 Å². The number of nitro groups is 1. The third-order valence-electron chi connectivity index (χ3n) is 3.29. The number of likely N-dealkylation sites (N-methyl/N-ethyl adjacent to an activating group) is 1. The van der Waals surface area contributed by atoms with E-state index in [2.05, 4.69) is 29.0 Å². The number of pyridine rings is 1. The Hall–Kier alpha value is -2.20. The second-order valence-electron chi connectivity index (χ2n) is 4.60. The molecule has 0 radical (unpaired) electrons. The lowest BCUT2D eigenvalue weighted by Gasteiger charge is -2.23. The van der Waals surface area contributed by atoms with E-state index in [1.54, 1.807) is 6.07 Å². The van der Waals surface area contributed by atoms with Crippen LogP contribution < -0.4 is 5.32 Å². The predicted octanol–water partition coefficient (Wildman–Crippen LogP) is 2.00. The molecule has 0 saturated carbocycles. The van der Waals surface area contributed by atoms with Gasteiger partial charge in [-0.1, -0.05) is 6.92 Å². The van der Waals surface area contributed by atoms with Crippen molar-refractivity contribution in [1.29, 1.82) is 5.26 Å². The van der Waals surface area contributed by atoms with Crippen LogP contribution in [0.5, 0.6) is 0 Å². The molecule has 0 spiro atoms. The maximum absolute atomic E-state index is 10.7. The number of aromatic nitrogens is 1. The van der Waals surface area contributed by atoms with Crippen molar-refractivity contribution < 1.29 is 4.92 Å². The van der Waals surface area contributed by atoms with Crippen LogP contribution in [-0.4, -0.2) is 41.0 Å². The average molecular weight is 277 g/mol. The van der Waals surface area contributed by atoms with Gasteiger partial charge in [-0.3, -0.25) is 10.1 Å². The van der Waals surface area contributed by atoms with Crippen LogP contribution >= 0.6 is 0 Å². The molecular formula is C13H19N5O2. The summed E-state index contributed by atoms with van der Waals surface area (Å²) in [4.78, 5) is 16.2. The van der Waals surface area contributed by atoms with Crippen molar-refractivity contribution in [2.45, 2.75) is 26.3 Å². The number of nitrogens with one attached hydrogen (secondary N) is 1. The van der Waals surface area contributed by atoms with Gasteiger partial charge in [-0.05, 0) is 26.5 Å². The molecule has 0 saturated heterocycles. The molecule has 0 fully saturated rings. The lowest BCUT2D eigenvalue weighted by molar-refractivity contribution is -0.385. The van der Waals surface area contributed by atoms with Crippen molar-refractivity contribution >= 4 is 11.5 Å². The minimum atomic E-state index is -0.605. The number of hydrogen-bond donors (Lipinski definition) is 1. The van der Waals surface area contributed by atoms with Gasteiger partial charge in [-0.25, -0.2) is 4.98 Å². The quantitative estimate of drug-likeness (QED) is 0.605. The van der Waals surface area contributed by atoms with E-state index in [9.17, 15) is 10.1 Å². The van der Waals surface area contributed by atoms with Crippen LogP contribution in [0.2, 0.25) is 0 Å². The molecule has 0 aliphatic rings. The van der Waals surface area contributed by atoms with Crippen LogP contribution in [0, 0.1) is 21.4 Å². The Morgan fingerprint density at radius 2 is 2.30 bits per heavy atom. The van der Waals surface area contributed by atoms with Crippen molar-refractivity contribution in [3.63, 3.8) is 0 Å². The van der Waals surface area contributed by atoms with E-state index in [1.807, 2.05) is 7.05 Å². The van der Waals surface area contributed by atoms with Crippen molar-refractivity contribution in [2.75, 3.05) is 25.5 Å². The van der Waals surface area contributed by atoms with E-state index < -0.39 is 4.92 Å². The van der Waals surface area contributed by atoms with Gasteiger partial charge in [0, 0.05) is 25.2 Å². The highest BCUT2D eigenvalue weighted by atomic mass is 16.6. The SMILES string of the molecule is CCC(C)N(C)CCNc1ccc([N+](=O)[O-])c(C#N)n1. The van der Waals surface area contributed by atoms with E-state index in [1.165, 1.54) is 12.1 Å². The Bertz CT molecular complexity index is 512. The first-order chi connectivity index (χ1) is 9.49. The molecule has 0 aliphatic heterocycles. The summed E-state index contributed by atoms with van der Waals surface area (Å²) in [6.07, 6.45) is 1.07. The van der Waals surface area contributed by atoms with Gasteiger partial charge in [0.05, 0.1) is 4.92 Å². The van der Waals surface area contributed by atoms with Crippen LogP contribution in [0.4, 0.5) is 11.5 Å². The first-order valence-electron chi connectivity index (χ1n) is 6.49. The monoisotopic (exact) mass is 277 g/mol. The van der Waals surface area contributed by atoms with Gasteiger partial charge in [0.1, 0.15) is 11.9 Å². The van der Waals surface area contributed by atoms with Gasteiger partial charge >= 0.3 is 5.69 Å². The van der Waals surface area contributed by atoms with Crippen molar-refractivity contribution in [1.82, 2.24) is 9.88 Å². The molecule has 1 aromatic heterocycles. The minimum absolute atomic E-state index is 0.171. The molecule has 1 heterocycles. The van der Waals surface area contributed by atoms with E-state index in [4.69, 9.17) is 5.26 Å². The van der Waals surface area contributed by atoms with Gasteiger partial charge in [0.15, 0.2) is 0 Å². The summed E-state index contributed by atoms with van der Waals surface area (Å²) in [5.74, 6) is 0.477. The minimum Gasteiger partial charge on any atom is -0.369 e. The van der Waals surface area contributed by atoms with Crippen LogP contribution in [0.15, 0.2) is 12.1 Å². The molecule has 0 aromatic carbocycles. The number of hydrogen-bond acceptors (Lipinski definition) is 6. The molecule has 0 aliphatic carbocycles. The molecule has 7 heteroatoms. The van der Waals surface area contributed by atoms with Gasteiger partial charge in [-0.2, -0.15) is 5.26 Å². The molecule has 20 heavy (non-hydrogen) atoms. The van der Waals surface area contributed by atoms with Crippen LogP contribution in [-0.2, 0) is 0 Å². The lowest BCUT2D eigenvalue weighted by Crippen LogP contribution is -2.32. The van der Waals surface area contributed by atoms with Crippen molar-refractivity contribution in [3.05, 3.63) is 27.9 Å². The molecule has 1 unspecified atom stereocenters. The first kappa shape index (κ1) is 15.9. The van der Waals surface area contributed by atoms with Gasteiger partial charge in [0.2, 0.25) is 5.69 Å². The van der Waals surface area contributed by atoms with Crippen LogP contribution in [0.3, 0.4) is 0 Å². The van der Waals surface area contributed by atoms with Crippen molar-refractivity contribution in [3.8, 4) is 6.07 Å². The van der Waals surface area contributed by atoms with E-state index in [0.717, 1.165) is 13.0 Å². The number of anilines is 1. The van der Waals surface area contributed by atoms with Crippen LogP contribution in [0.1, 0.15) is 26.0 Å². The number of nitrogens with zero attached hydrogens (tertiary/aromatic N) is 4. The smallest absolute Gasteiger partial charge is 0.305 e. The molecule has 0 bridgehead atoms.